The monoisotopic (exact) mass is 512 g/mol. The predicted octanol–water partition coefficient (Wildman–Crippen LogP) is 9.37. The molecule has 3 aliphatic rings. The summed E-state index contributed by atoms with van der Waals surface area (Å²) in [7, 11) is 0. The molecule has 3 fully saturated rings. The number of esters is 1. The molecule has 0 amide bonds. The lowest BCUT2D eigenvalue weighted by Gasteiger charge is -2.46. The fourth-order valence-corrected chi connectivity index (χ4v) is 7.60. The first kappa shape index (κ1) is 28.0. The third kappa shape index (κ3) is 7.12. The highest BCUT2D eigenvalue weighted by molar-refractivity contribution is 5.75. The zero-order chi connectivity index (χ0) is 26.2. The summed E-state index contributed by atoms with van der Waals surface area (Å²) in [5.74, 6) is 0.648. The summed E-state index contributed by atoms with van der Waals surface area (Å²) >= 11 is 0. The van der Waals surface area contributed by atoms with E-state index in [1.807, 2.05) is 19.1 Å². The van der Waals surface area contributed by atoms with Crippen LogP contribution in [-0.2, 0) is 11.2 Å². The van der Waals surface area contributed by atoms with Gasteiger partial charge in [0.15, 0.2) is 11.6 Å². The van der Waals surface area contributed by atoms with Crippen LogP contribution in [0.1, 0.15) is 103 Å². The molecular formula is C33H46F2O2. The molecule has 0 saturated heterocycles. The fourth-order valence-electron chi connectivity index (χ4n) is 7.60. The van der Waals surface area contributed by atoms with Crippen molar-refractivity contribution in [2.24, 2.45) is 35.5 Å². The van der Waals surface area contributed by atoms with Gasteiger partial charge >= 0.3 is 5.97 Å². The molecule has 37 heavy (non-hydrogen) atoms. The Labute approximate surface area is 222 Å². The van der Waals surface area contributed by atoms with Crippen molar-refractivity contribution in [1.29, 1.82) is 0 Å². The molecule has 3 aliphatic carbocycles. The van der Waals surface area contributed by atoms with E-state index in [-0.39, 0.29) is 17.6 Å². The van der Waals surface area contributed by atoms with E-state index in [0.717, 1.165) is 37.0 Å². The molecule has 0 aliphatic heterocycles. The standard InChI is InChI=1S/C33H46F2O2/c1-3-5-7-10-23-14-16-24(17-15-23)26-18-20-28-27(22-26)12-9-13-29(28)33(36)37-30-21-19-25(11-8-6-4-2)31(34)32(30)35/h3-6,19,21,23-24,26-29H,7-18,20,22H2,1-2H3/b5-3+,6-4+. The molecule has 4 rings (SSSR count). The van der Waals surface area contributed by atoms with Crippen LogP contribution in [0.3, 0.4) is 0 Å². The van der Waals surface area contributed by atoms with Gasteiger partial charge < -0.3 is 4.74 Å². The lowest BCUT2D eigenvalue weighted by Crippen LogP contribution is -2.40. The second kappa shape index (κ2) is 13.7. The van der Waals surface area contributed by atoms with Gasteiger partial charge in [0.1, 0.15) is 0 Å². The number of hydrogen-bond acceptors (Lipinski definition) is 2. The highest BCUT2D eigenvalue weighted by Gasteiger charge is 2.43. The average molecular weight is 513 g/mol. The van der Waals surface area contributed by atoms with Crippen LogP contribution in [-0.4, -0.2) is 5.97 Å². The van der Waals surface area contributed by atoms with Gasteiger partial charge in [-0.1, -0.05) is 56.1 Å². The van der Waals surface area contributed by atoms with Gasteiger partial charge in [0, 0.05) is 0 Å². The van der Waals surface area contributed by atoms with Crippen LogP contribution in [0.5, 0.6) is 5.75 Å². The Bertz CT molecular complexity index is 944. The quantitative estimate of drug-likeness (QED) is 0.187. The molecule has 1 aromatic rings. The Morgan fingerprint density at radius 3 is 2.35 bits per heavy atom. The first-order chi connectivity index (χ1) is 18.0. The molecular weight excluding hydrogens is 466 g/mol. The highest BCUT2D eigenvalue weighted by Crippen LogP contribution is 2.50. The molecule has 1 aromatic carbocycles. The van der Waals surface area contributed by atoms with Crippen molar-refractivity contribution in [1.82, 2.24) is 0 Å². The van der Waals surface area contributed by atoms with E-state index >= 15 is 0 Å². The lowest BCUT2D eigenvalue weighted by atomic mass is 9.59. The average Bonchev–Trinajstić information content (AvgIpc) is 2.92. The minimum Gasteiger partial charge on any atom is -0.423 e. The first-order valence-corrected chi connectivity index (χ1v) is 14.9. The molecule has 4 atom stereocenters. The van der Waals surface area contributed by atoms with Gasteiger partial charge in [-0.05, 0) is 119 Å². The number of carbonyl (C=O) groups excluding carboxylic acids is 1. The Kier molecular flexibility index (Phi) is 10.4. The molecule has 0 N–H and O–H groups in total. The van der Waals surface area contributed by atoms with E-state index in [1.165, 1.54) is 63.9 Å². The summed E-state index contributed by atoms with van der Waals surface area (Å²) in [6.45, 7) is 4.01. The first-order valence-electron chi connectivity index (χ1n) is 14.9. The van der Waals surface area contributed by atoms with Crippen molar-refractivity contribution in [2.75, 3.05) is 0 Å². The predicted molar refractivity (Wildman–Crippen MR) is 146 cm³/mol. The molecule has 204 valence electrons. The summed E-state index contributed by atoms with van der Waals surface area (Å²) in [6, 6.07) is 2.97. The Morgan fingerprint density at radius 1 is 0.865 bits per heavy atom. The minimum atomic E-state index is -1.04. The van der Waals surface area contributed by atoms with Gasteiger partial charge in [-0.3, -0.25) is 4.79 Å². The highest BCUT2D eigenvalue weighted by atomic mass is 19.2. The van der Waals surface area contributed by atoms with E-state index in [2.05, 4.69) is 19.1 Å². The van der Waals surface area contributed by atoms with Crippen molar-refractivity contribution in [3.05, 3.63) is 53.6 Å². The van der Waals surface area contributed by atoms with Crippen LogP contribution in [0, 0.1) is 47.1 Å². The molecule has 4 unspecified atom stereocenters. The van der Waals surface area contributed by atoms with Crippen molar-refractivity contribution in [3.63, 3.8) is 0 Å². The number of fused-ring (bicyclic) bond motifs is 1. The number of halogens is 2. The van der Waals surface area contributed by atoms with Gasteiger partial charge in [-0.2, -0.15) is 4.39 Å². The van der Waals surface area contributed by atoms with Gasteiger partial charge in [-0.25, -0.2) is 4.39 Å². The van der Waals surface area contributed by atoms with Gasteiger partial charge in [0.25, 0.3) is 0 Å². The molecule has 0 spiro atoms. The Morgan fingerprint density at radius 2 is 1.59 bits per heavy atom. The maximum Gasteiger partial charge on any atom is 0.314 e. The summed E-state index contributed by atoms with van der Waals surface area (Å²) in [5, 5.41) is 0. The van der Waals surface area contributed by atoms with E-state index in [0.29, 0.717) is 30.2 Å². The number of ether oxygens (including phenoxy) is 1. The van der Waals surface area contributed by atoms with Crippen LogP contribution in [0.4, 0.5) is 8.78 Å². The maximum atomic E-state index is 14.7. The summed E-state index contributed by atoms with van der Waals surface area (Å²) in [4.78, 5) is 13.2. The molecule has 2 nitrogen and oxygen atoms in total. The van der Waals surface area contributed by atoms with E-state index in [1.54, 1.807) is 6.07 Å². The fraction of sp³-hybridized carbons (Fsp3) is 0.667. The van der Waals surface area contributed by atoms with Gasteiger partial charge in [0.2, 0.25) is 5.82 Å². The maximum absolute atomic E-state index is 14.7. The smallest absolute Gasteiger partial charge is 0.314 e. The second-order valence-electron chi connectivity index (χ2n) is 11.8. The zero-order valence-corrected chi connectivity index (χ0v) is 22.9. The second-order valence-corrected chi connectivity index (χ2v) is 11.8. The largest absolute Gasteiger partial charge is 0.423 e. The molecule has 0 aromatic heterocycles. The number of benzene rings is 1. The molecule has 0 bridgehead atoms. The number of rotatable bonds is 9. The van der Waals surface area contributed by atoms with Crippen LogP contribution in [0.25, 0.3) is 0 Å². The number of hydrogen-bond donors (Lipinski definition) is 0. The van der Waals surface area contributed by atoms with Crippen LogP contribution < -0.4 is 4.74 Å². The Balaban J connectivity index is 1.31. The third-order valence-electron chi connectivity index (χ3n) is 9.68. The molecule has 4 heteroatoms. The molecule has 0 radical (unpaired) electrons. The Hall–Kier alpha value is -1.97. The van der Waals surface area contributed by atoms with E-state index < -0.39 is 11.6 Å². The van der Waals surface area contributed by atoms with Crippen molar-refractivity contribution in [3.8, 4) is 5.75 Å². The zero-order valence-electron chi connectivity index (χ0n) is 22.9. The van der Waals surface area contributed by atoms with Crippen molar-refractivity contribution < 1.29 is 18.3 Å². The van der Waals surface area contributed by atoms with E-state index in [9.17, 15) is 13.6 Å². The molecule has 3 saturated carbocycles. The molecule has 0 heterocycles. The van der Waals surface area contributed by atoms with Crippen LogP contribution >= 0.6 is 0 Å². The summed E-state index contributed by atoms with van der Waals surface area (Å²) in [6.07, 6.45) is 23.9. The van der Waals surface area contributed by atoms with Gasteiger partial charge in [-0.15, -0.1) is 0 Å². The number of allylic oxidation sites excluding steroid dienone is 4. The van der Waals surface area contributed by atoms with Crippen LogP contribution in [0.15, 0.2) is 36.4 Å². The van der Waals surface area contributed by atoms with Crippen molar-refractivity contribution in [2.45, 2.75) is 104 Å². The van der Waals surface area contributed by atoms with Crippen molar-refractivity contribution >= 4 is 5.97 Å². The lowest BCUT2D eigenvalue weighted by molar-refractivity contribution is -0.144. The van der Waals surface area contributed by atoms with E-state index in [4.69, 9.17) is 4.74 Å². The van der Waals surface area contributed by atoms with Gasteiger partial charge in [0.05, 0.1) is 5.92 Å². The number of carbonyl (C=O) groups is 1. The topological polar surface area (TPSA) is 26.3 Å². The third-order valence-corrected chi connectivity index (χ3v) is 9.68. The minimum absolute atomic E-state index is 0.195. The summed E-state index contributed by atoms with van der Waals surface area (Å²) < 4.78 is 34.8. The SMILES string of the molecule is C/C=C/CCc1ccc(OC(=O)C2CCCC3CC(C4CCC(CC/C=C/C)CC4)CCC32)c(F)c1F. The summed E-state index contributed by atoms with van der Waals surface area (Å²) in [5.41, 5.74) is 0.318. The normalized spacial score (nSPS) is 30.5. The number of aryl methyl sites for hydroxylation is 1. The van der Waals surface area contributed by atoms with Crippen LogP contribution in [0.2, 0.25) is 0 Å².